The molecule has 0 aliphatic carbocycles. The lowest BCUT2D eigenvalue weighted by molar-refractivity contribution is -0.137. The quantitative estimate of drug-likeness (QED) is 0.793. The highest BCUT2D eigenvalue weighted by Crippen LogP contribution is 2.18. The summed E-state index contributed by atoms with van der Waals surface area (Å²) < 4.78 is 0. The molecular formula is C13H18N2O3. The predicted molar refractivity (Wildman–Crippen MR) is 69.4 cm³/mol. The van der Waals surface area contributed by atoms with Crippen LogP contribution in [0.3, 0.4) is 0 Å². The first-order chi connectivity index (χ1) is 8.41. The lowest BCUT2D eigenvalue weighted by atomic mass is 10.1. The third-order valence-corrected chi connectivity index (χ3v) is 2.81. The Balaban J connectivity index is 2.92. The zero-order valence-corrected chi connectivity index (χ0v) is 10.6. The van der Waals surface area contributed by atoms with E-state index in [1.54, 1.807) is 11.8 Å². The van der Waals surface area contributed by atoms with Crippen LogP contribution in [0.5, 0.6) is 0 Å². The molecule has 0 aromatic heterocycles. The number of primary amides is 1. The normalized spacial score (nSPS) is 11.9. The number of nitrogens with two attached hydrogens (primary N) is 1. The molecule has 98 valence electrons. The van der Waals surface area contributed by atoms with Gasteiger partial charge in [0.1, 0.15) is 6.04 Å². The standard InChI is InChI=1S/C13H18N2O3/c1-9-3-5-11(6-4-9)15(8-7-12(16)17)10(2)13(14)18/h3-6,10H,7-8H2,1-2H3,(H2,14,18)(H,16,17). The first-order valence-electron chi connectivity index (χ1n) is 5.76. The minimum Gasteiger partial charge on any atom is -0.481 e. The molecule has 0 fully saturated rings. The number of anilines is 1. The van der Waals surface area contributed by atoms with Crippen molar-refractivity contribution in [1.82, 2.24) is 0 Å². The molecule has 18 heavy (non-hydrogen) atoms. The van der Waals surface area contributed by atoms with E-state index in [0.717, 1.165) is 11.3 Å². The maximum Gasteiger partial charge on any atom is 0.305 e. The number of aryl methyl sites for hydroxylation is 1. The van der Waals surface area contributed by atoms with Gasteiger partial charge in [-0.15, -0.1) is 0 Å². The van der Waals surface area contributed by atoms with E-state index >= 15 is 0 Å². The molecule has 0 radical (unpaired) electrons. The zero-order chi connectivity index (χ0) is 13.7. The van der Waals surface area contributed by atoms with E-state index in [4.69, 9.17) is 10.8 Å². The van der Waals surface area contributed by atoms with Gasteiger partial charge >= 0.3 is 5.97 Å². The van der Waals surface area contributed by atoms with Gasteiger partial charge in [0.05, 0.1) is 6.42 Å². The van der Waals surface area contributed by atoms with Gasteiger partial charge in [-0.2, -0.15) is 0 Å². The van der Waals surface area contributed by atoms with Crippen molar-refractivity contribution >= 4 is 17.6 Å². The Labute approximate surface area is 106 Å². The molecule has 1 aromatic rings. The van der Waals surface area contributed by atoms with Crippen molar-refractivity contribution in [2.75, 3.05) is 11.4 Å². The van der Waals surface area contributed by atoms with Gasteiger partial charge in [0.25, 0.3) is 0 Å². The summed E-state index contributed by atoms with van der Waals surface area (Å²) in [6.45, 7) is 3.88. The Bertz CT molecular complexity index is 428. The van der Waals surface area contributed by atoms with Gasteiger partial charge in [0, 0.05) is 12.2 Å². The van der Waals surface area contributed by atoms with Gasteiger partial charge in [-0.05, 0) is 26.0 Å². The summed E-state index contributed by atoms with van der Waals surface area (Å²) in [5.74, 6) is -1.37. The molecule has 1 atom stereocenters. The van der Waals surface area contributed by atoms with Crippen molar-refractivity contribution in [2.24, 2.45) is 5.73 Å². The second kappa shape index (κ2) is 6.05. The van der Waals surface area contributed by atoms with Crippen LogP contribution in [0.4, 0.5) is 5.69 Å². The van der Waals surface area contributed by atoms with Crippen LogP contribution in [0.25, 0.3) is 0 Å². The third kappa shape index (κ3) is 3.76. The molecule has 5 heteroatoms. The van der Waals surface area contributed by atoms with E-state index < -0.39 is 17.9 Å². The van der Waals surface area contributed by atoms with Gasteiger partial charge in [-0.25, -0.2) is 0 Å². The second-order valence-electron chi connectivity index (χ2n) is 4.25. The average Bonchev–Trinajstić information content (AvgIpc) is 2.30. The van der Waals surface area contributed by atoms with Crippen LogP contribution >= 0.6 is 0 Å². The molecule has 0 aliphatic heterocycles. The van der Waals surface area contributed by atoms with Gasteiger partial charge in [-0.1, -0.05) is 17.7 Å². The van der Waals surface area contributed by atoms with Crippen molar-refractivity contribution in [2.45, 2.75) is 26.3 Å². The maximum atomic E-state index is 11.3. The third-order valence-electron chi connectivity index (χ3n) is 2.81. The van der Waals surface area contributed by atoms with E-state index in [1.165, 1.54) is 0 Å². The number of rotatable bonds is 6. The van der Waals surface area contributed by atoms with Crippen LogP contribution in [0.15, 0.2) is 24.3 Å². The van der Waals surface area contributed by atoms with Crippen molar-refractivity contribution in [3.8, 4) is 0 Å². The molecule has 1 rings (SSSR count). The molecule has 0 aliphatic rings. The van der Waals surface area contributed by atoms with E-state index in [9.17, 15) is 9.59 Å². The summed E-state index contributed by atoms with van der Waals surface area (Å²) in [4.78, 5) is 23.6. The van der Waals surface area contributed by atoms with E-state index in [0.29, 0.717) is 0 Å². The van der Waals surface area contributed by atoms with Crippen LogP contribution in [-0.2, 0) is 9.59 Å². The molecule has 0 saturated carbocycles. The average molecular weight is 250 g/mol. The summed E-state index contributed by atoms with van der Waals surface area (Å²) in [6.07, 6.45) is -0.0362. The molecule has 5 nitrogen and oxygen atoms in total. The number of nitrogens with zero attached hydrogens (tertiary/aromatic N) is 1. The SMILES string of the molecule is Cc1ccc(N(CCC(=O)O)C(C)C(N)=O)cc1. The van der Waals surface area contributed by atoms with Crippen molar-refractivity contribution < 1.29 is 14.7 Å². The fourth-order valence-corrected chi connectivity index (χ4v) is 1.65. The Kier molecular flexibility index (Phi) is 4.71. The molecule has 0 bridgehead atoms. The highest BCUT2D eigenvalue weighted by atomic mass is 16.4. The minimum absolute atomic E-state index is 0.0362. The number of carbonyl (C=O) groups is 2. The Morgan fingerprint density at radius 2 is 1.89 bits per heavy atom. The monoisotopic (exact) mass is 250 g/mol. The van der Waals surface area contributed by atoms with Gasteiger partial charge in [-0.3, -0.25) is 9.59 Å². The smallest absolute Gasteiger partial charge is 0.305 e. The molecule has 0 saturated heterocycles. The highest BCUT2D eigenvalue weighted by Gasteiger charge is 2.19. The molecule has 0 heterocycles. The van der Waals surface area contributed by atoms with Crippen molar-refractivity contribution in [3.63, 3.8) is 0 Å². The molecule has 3 N–H and O–H groups in total. The van der Waals surface area contributed by atoms with Crippen molar-refractivity contribution in [3.05, 3.63) is 29.8 Å². The zero-order valence-electron chi connectivity index (χ0n) is 10.6. The summed E-state index contributed by atoms with van der Waals surface area (Å²) in [7, 11) is 0. The molecule has 1 unspecified atom stereocenters. The van der Waals surface area contributed by atoms with E-state index in [2.05, 4.69) is 0 Å². The van der Waals surface area contributed by atoms with E-state index in [1.807, 2.05) is 31.2 Å². The topological polar surface area (TPSA) is 83.6 Å². The number of benzene rings is 1. The van der Waals surface area contributed by atoms with Crippen LogP contribution in [0, 0.1) is 6.92 Å². The lowest BCUT2D eigenvalue weighted by Gasteiger charge is -2.29. The van der Waals surface area contributed by atoms with Crippen LogP contribution in [0.2, 0.25) is 0 Å². The minimum atomic E-state index is -0.899. The highest BCUT2D eigenvalue weighted by molar-refractivity contribution is 5.83. The number of carboxylic acid groups (broad SMARTS) is 1. The Morgan fingerprint density at radius 3 is 2.33 bits per heavy atom. The summed E-state index contributed by atoms with van der Waals surface area (Å²) in [6, 6.07) is 7.01. The second-order valence-corrected chi connectivity index (χ2v) is 4.25. The number of carbonyl (C=O) groups excluding carboxylic acids is 1. The first-order valence-corrected chi connectivity index (χ1v) is 5.76. The molecule has 0 spiro atoms. The number of aliphatic carboxylic acids is 1. The van der Waals surface area contributed by atoms with Crippen LogP contribution < -0.4 is 10.6 Å². The van der Waals surface area contributed by atoms with Crippen LogP contribution in [0.1, 0.15) is 18.9 Å². The first kappa shape index (κ1) is 14.0. The predicted octanol–water partition coefficient (Wildman–Crippen LogP) is 1.15. The molecule has 1 aromatic carbocycles. The Hall–Kier alpha value is -2.04. The Morgan fingerprint density at radius 1 is 1.33 bits per heavy atom. The van der Waals surface area contributed by atoms with Crippen LogP contribution in [-0.4, -0.2) is 29.6 Å². The van der Waals surface area contributed by atoms with E-state index in [-0.39, 0.29) is 13.0 Å². The van der Waals surface area contributed by atoms with Gasteiger partial charge in [0.15, 0.2) is 0 Å². The van der Waals surface area contributed by atoms with Gasteiger partial charge in [0.2, 0.25) is 5.91 Å². The molecule has 1 amide bonds. The summed E-state index contributed by atoms with van der Waals surface area (Å²) in [5, 5.41) is 8.73. The maximum absolute atomic E-state index is 11.3. The number of hydrogen-bond donors (Lipinski definition) is 2. The fraction of sp³-hybridized carbons (Fsp3) is 0.385. The number of carboxylic acids is 1. The largest absolute Gasteiger partial charge is 0.481 e. The van der Waals surface area contributed by atoms with Gasteiger partial charge < -0.3 is 15.7 Å². The van der Waals surface area contributed by atoms with Crippen molar-refractivity contribution in [1.29, 1.82) is 0 Å². The summed E-state index contributed by atoms with van der Waals surface area (Å²) >= 11 is 0. The lowest BCUT2D eigenvalue weighted by Crippen LogP contribution is -2.43. The fourth-order valence-electron chi connectivity index (χ4n) is 1.65. The summed E-state index contributed by atoms with van der Waals surface area (Å²) in [5.41, 5.74) is 7.18. The number of amides is 1. The number of hydrogen-bond acceptors (Lipinski definition) is 3. The molecular weight excluding hydrogens is 232 g/mol.